The van der Waals surface area contributed by atoms with Gasteiger partial charge in [0.2, 0.25) is 0 Å². The molecule has 1 saturated carbocycles. The van der Waals surface area contributed by atoms with E-state index in [1.54, 1.807) is 13.2 Å². The van der Waals surface area contributed by atoms with Gasteiger partial charge in [-0.15, -0.1) is 0 Å². The van der Waals surface area contributed by atoms with Crippen molar-refractivity contribution in [1.82, 2.24) is 9.88 Å². The number of carbonyl (C=O) groups excluding carboxylic acids is 1. The Morgan fingerprint density at radius 2 is 2.42 bits per heavy atom. The number of nitrogens with zero attached hydrogens (tertiary/aromatic N) is 2. The zero-order chi connectivity index (χ0) is 13.8. The van der Waals surface area contributed by atoms with Gasteiger partial charge in [0.05, 0.1) is 17.2 Å². The van der Waals surface area contributed by atoms with Gasteiger partial charge in [-0.05, 0) is 18.9 Å². The van der Waals surface area contributed by atoms with Gasteiger partial charge in [-0.2, -0.15) is 0 Å². The van der Waals surface area contributed by atoms with Crippen molar-refractivity contribution in [2.24, 2.45) is 5.84 Å². The van der Waals surface area contributed by atoms with Crippen LogP contribution in [0.4, 0.5) is 5.82 Å². The summed E-state index contributed by atoms with van der Waals surface area (Å²) in [7, 11) is 1.62. The smallest absolute Gasteiger partial charge is 0.255 e. The monoisotopic (exact) mass is 284 g/mol. The molecule has 0 saturated heterocycles. The number of methoxy groups -OCH3 is 1. The summed E-state index contributed by atoms with van der Waals surface area (Å²) in [6.07, 6.45) is 3.56. The Morgan fingerprint density at radius 1 is 1.68 bits per heavy atom. The molecule has 0 spiro atoms. The van der Waals surface area contributed by atoms with E-state index in [-0.39, 0.29) is 5.91 Å². The maximum atomic E-state index is 12.4. The molecule has 19 heavy (non-hydrogen) atoms. The highest BCUT2D eigenvalue weighted by atomic mass is 35.5. The largest absolute Gasteiger partial charge is 0.383 e. The molecule has 1 aromatic rings. The summed E-state index contributed by atoms with van der Waals surface area (Å²) in [6.45, 7) is 1.10. The minimum absolute atomic E-state index is 0.0717. The summed E-state index contributed by atoms with van der Waals surface area (Å²) in [4.78, 5) is 18.2. The topological polar surface area (TPSA) is 80.5 Å². The number of amides is 1. The van der Waals surface area contributed by atoms with Crippen LogP contribution in [-0.4, -0.2) is 42.1 Å². The van der Waals surface area contributed by atoms with E-state index in [9.17, 15) is 4.79 Å². The highest BCUT2D eigenvalue weighted by Crippen LogP contribution is 2.29. The zero-order valence-electron chi connectivity index (χ0n) is 10.7. The van der Waals surface area contributed by atoms with Gasteiger partial charge >= 0.3 is 0 Å². The predicted octanol–water partition coefficient (Wildman–Crippen LogP) is 1.27. The Hall–Kier alpha value is -1.37. The van der Waals surface area contributed by atoms with Gasteiger partial charge in [0, 0.05) is 25.9 Å². The molecule has 1 fully saturated rings. The van der Waals surface area contributed by atoms with Crippen LogP contribution < -0.4 is 11.3 Å². The van der Waals surface area contributed by atoms with E-state index in [4.69, 9.17) is 22.2 Å². The second-order valence-electron chi connectivity index (χ2n) is 4.42. The molecule has 1 heterocycles. The van der Waals surface area contributed by atoms with Crippen LogP contribution in [0.2, 0.25) is 5.02 Å². The Morgan fingerprint density at radius 3 is 2.95 bits per heavy atom. The van der Waals surface area contributed by atoms with Crippen molar-refractivity contribution in [3.63, 3.8) is 0 Å². The summed E-state index contributed by atoms with van der Waals surface area (Å²) < 4.78 is 5.03. The molecule has 3 N–H and O–H groups in total. The van der Waals surface area contributed by atoms with Crippen LogP contribution in [0.25, 0.3) is 0 Å². The molecule has 0 aromatic carbocycles. The predicted molar refractivity (Wildman–Crippen MR) is 73.0 cm³/mol. The number of hydrazine groups is 1. The third-order valence-electron chi connectivity index (χ3n) is 3.01. The number of ether oxygens (including phenoxy) is 1. The third-order valence-corrected chi connectivity index (χ3v) is 3.30. The van der Waals surface area contributed by atoms with E-state index < -0.39 is 0 Å². The molecule has 0 aliphatic heterocycles. The lowest BCUT2D eigenvalue weighted by Crippen LogP contribution is -2.35. The molecule has 1 amide bonds. The molecular weight excluding hydrogens is 268 g/mol. The Balaban J connectivity index is 2.14. The number of hydrogen-bond acceptors (Lipinski definition) is 5. The fourth-order valence-electron chi connectivity index (χ4n) is 1.85. The highest BCUT2D eigenvalue weighted by Gasteiger charge is 2.33. The van der Waals surface area contributed by atoms with Crippen molar-refractivity contribution in [3.05, 3.63) is 22.8 Å². The van der Waals surface area contributed by atoms with Crippen molar-refractivity contribution in [3.8, 4) is 0 Å². The van der Waals surface area contributed by atoms with Gasteiger partial charge in [0.15, 0.2) is 5.82 Å². The summed E-state index contributed by atoms with van der Waals surface area (Å²) in [5, 5.41) is 0.329. The van der Waals surface area contributed by atoms with Gasteiger partial charge in [0.25, 0.3) is 5.91 Å². The average molecular weight is 285 g/mol. The molecule has 2 rings (SSSR count). The van der Waals surface area contributed by atoms with Crippen molar-refractivity contribution in [2.45, 2.75) is 18.9 Å². The third kappa shape index (κ3) is 3.34. The van der Waals surface area contributed by atoms with Crippen molar-refractivity contribution < 1.29 is 9.53 Å². The first-order valence-electron chi connectivity index (χ1n) is 6.09. The fraction of sp³-hybridized carbons (Fsp3) is 0.500. The van der Waals surface area contributed by atoms with E-state index >= 15 is 0 Å². The SMILES string of the molecule is COCCN(C(=O)c1cnc(NN)c(Cl)c1)C1CC1. The van der Waals surface area contributed by atoms with E-state index in [1.807, 2.05) is 4.90 Å². The van der Waals surface area contributed by atoms with E-state index in [0.29, 0.717) is 35.6 Å². The molecule has 7 heteroatoms. The second-order valence-corrected chi connectivity index (χ2v) is 4.83. The molecular formula is C12H17ClN4O2. The highest BCUT2D eigenvalue weighted by molar-refractivity contribution is 6.33. The molecule has 1 aliphatic rings. The normalized spacial score (nSPS) is 14.3. The molecule has 104 valence electrons. The first-order valence-corrected chi connectivity index (χ1v) is 6.47. The Bertz CT molecular complexity index is 465. The maximum absolute atomic E-state index is 12.4. The van der Waals surface area contributed by atoms with Gasteiger partial charge in [-0.25, -0.2) is 10.8 Å². The first-order chi connectivity index (χ1) is 9.17. The van der Waals surface area contributed by atoms with Gasteiger partial charge in [-0.1, -0.05) is 11.6 Å². The molecule has 1 aliphatic carbocycles. The number of nitrogens with two attached hydrogens (primary N) is 1. The molecule has 0 bridgehead atoms. The van der Waals surface area contributed by atoms with Crippen LogP contribution >= 0.6 is 11.6 Å². The van der Waals surface area contributed by atoms with E-state index in [0.717, 1.165) is 12.8 Å². The number of nitrogen functional groups attached to an aromatic ring is 1. The van der Waals surface area contributed by atoms with Crippen molar-refractivity contribution in [2.75, 3.05) is 25.7 Å². The summed E-state index contributed by atoms with van der Waals surface area (Å²) in [6, 6.07) is 1.89. The first kappa shape index (κ1) is 14.0. The molecule has 0 atom stereocenters. The average Bonchev–Trinajstić information content (AvgIpc) is 3.23. The summed E-state index contributed by atoms with van der Waals surface area (Å²) in [5.41, 5.74) is 2.84. The summed E-state index contributed by atoms with van der Waals surface area (Å²) in [5.74, 6) is 5.53. The lowest BCUT2D eigenvalue weighted by molar-refractivity contribution is 0.0680. The number of hydrogen-bond donors (Lipinski definition) is 2. The number of halogens is 1. The second kappa shape index (κ2) is 6.18. The van der Waals surface area contributed by atoms with Crippen LogP contribution in [-0.2, 0) is 4.74 Å². The van der Waals surface area contributed by atoms with Crippen LogP contribution in [0.3, 0.4) is 0 Å². The Labute approximate surface area is 116 Å². The minimum Gasteiger partial charge on any atom is -0.383 e. The zero-order valence-corrected chi connectivity index (χ0v) is 11.5. The van der Waals surface area contributed by atoms with Gasteiger partial charge < -0.3 is 15.1 Å². The number of anilines is 1. The van der Waals surface area contributed by atoms with Gasteiger partial charge in [0.1, 0.15) is 0 Å². The number of rotatable bonds is 6. The van der Waals surface area contributed by atoms with Gasteiger partial charge in [-0.3, -0.25) is 4.79 Å². The number of pyridine rings is 1. The van der Waals surface area contributed by atoms with Crippen LogP contribution in [0.1, 0.15) is 23.2 Å². The van der Waals surface area contributed by atoms with E-state index in [1.165, 1.54) is 6.20 Å². The van der Waals surface area contributed by atoms with Crippen molar-refractivity contribution in [1.29, 1.82) is 0 Å². The Kier molecular flexibility index (Phi) is 4.57. The minimum atomic E-state index is -0.0717. The maximum Gasteiger partial charge on any atom is 0.255 e. The standard InChI is InChI=1S/C12H17ClN4O2/c1-19-5-4-17(9-2-3-9)12(18)8-6-10(13)11(16-14)15-7-8/h6-7,9H,2-5,14H2,1H3,(H,15,16). The van der Waals surface area contributed by atoms with Crippen LogP contribution in [0, 0.1) is 0 Å². The lowest BCUT2D eigenvalue weighted by atomic mass is 10.2. The summed E-state index contributed by atoms with van der Waals surface area (Å²) >= 11 is 5.98. The molecule has 0 radical (unpaired) electrons. The number of aromatic nitrogens is 1. The molecule has 0 unspecified atom stereocenters. The number of carbonyl (C=O) groups is 1. The van der Waals surface area contributed by atoms with E-state index in [2.05, 4.69) is 10.4 Å². The number of nitrogens with one attached hydrogen (secondary N) is 1. The quantitative estimate of drug-likeness (QED) is 0.607. The fourth-order valence-corrected chi connectivity index (χ4v) is 2.07. The van der Waals surface area contributed by atoms with Crippen LogP contribution in [0.15, 0.2) is 12.3 Å². The molecule has 6 nitrogen and oxygen atoms in total. The lowest BCUT2D eigenvalue weighted by Gasteiger charge is -2.22. The van der Waals surface area contributed by atoms with Crippen LogP contribution in [0.5, 0.6) is 0 Å². The molecule has 1 aromatic heterocycles. The van der Waals surface area contributed by atoms with Crippen molar-refractivity contribution >= 4 is 23.3 Å².